The van der Waals surface area contributed by atoms with Crippen LogP contribution in [0, 0.1) is 5.92 Å². The molecule has 1 aliphatic heterocycles. The topological polar surface area (TPSA) is 26.3 Å². The van der Waals surface area contributed by atoms with E-state index < -0.39 is 0 Å². The van der Waals surface area contributed by atoms with Crippen LogP contribution < -0.4 is 4.74 Å². The molecule has 0 saturated heterocycles. The predicted octanol–water partition coefficient (Wildman–Crippen LogP) is 3.94. The minimum absolute atomic E-state index is 0.0742. The van der Waals surface area contributed by atoms with Crippen molar-refractivity contribution in [1.29, 1.82) is 0 Å². The smallest absolute Gasteiger partial charge is 0.180 e. The number of para-hydroxylation sites is 1. The second kappa shape index (κ2) is 4.86. The first kappa shape index (κ1) is 11.9. The van der Waals surface area contributed by atoms with Crippen LogP contribution in [0.2, 0.25) is 0 Å². The number of rotatable bonds is 2. The number of hydrogen-bond acceptors (Lipinski definition) is 3. The molecule has 2 nitrogen and oxygen atoms in total. The summed E-state index contributed by atoms with van der Waals surface area (Å²) < 4.78 is 6.55. The van der Waals surface area contributed by atoms with Gasteiger partial charge >= 0.3 is 0 Å². The highest BCUT2D eigenvalue weighted by Gasteiger charge is 2.28. The highest BCUT2D eigenvalue weighted by molar-refractivity contribution is 9.10. The molecule has 1 aromatic heterocycles. The van der Waals surface area contributed by atoms with Crippen LogP contribution in [0.5, 0.6) is 5.75 Å². The summed E-state index contributed by atoms with van der Waals surface area (Å²) in [7, 11) is 0. The first-order chi connectivity index (χ1) is 8.75. The Balaban J connectivity index is 1.84. The van der Waals surface area contributed by atoms with E-state index in [0.29, 0.717) is 6.61 Å². The third-order valence-corrected chi connectivity index (χ3v) is 4.94. The number of thiophene rings is 1. The number of ether oxygens (including phenoxy) is 1. The Morgan fingerprint density at radius 2 is 2.17 bits per heavy atom. The Morgan fingerprint density at radius 1 is 1.33 bits per heavy atom. The summed E-state index contributed by atoms with van der Waals surface area (Å²) in [5.41, 5.74) is 1.12. The Morgan fingerprint density at radius 3 is 2.94 bits per heavy atom. The summed E-state index contributed by atoms with van der Waals surface area (Å²) >= 11 is 4.89. The van der Waals surface area contributed by atoms with E-state index in [1.807, 2.05) is 35.7 Å². The minimum Gasteiger partial charge on any atom is -0.493 e. The first-order valence-corrected chi connectivity index (χ1v) is 7.41. The number of halogens is 1. The number of carbonyl (C=O) groups is 1. The molecule has 0 spiro atoms. The van der Waals surface area contributed by atoms with E-state index in [-0.39, 0.29) is 11.7 Å². The molecule has 3 rings (SSSR count). The highest BCUT2D eigenvalue weighted by Crippen LogP contribution is 2.31. The molecule has 1 unspecified atom stereocenters. The molecule has 1 aromatic carbocycles. The average Bonchev–Trinajstić information content (AvgIpc) is 2.83. The van der Waals surface area contributed by atoms with E-state index in [0.717, 1.165) is 27.1 Å². The van der Waals surface area contributed by atoms with Crippen LogP contribution in [0.3, 0.4) is 0 Å². The predicted molar refractivity (Wildman–Crippen MR) is 75.5 cm³/mol. The molecular weight excluding hydrogens is 312 g/mol. The van der Waals surface area contributed by atoms with Gasteiger partial charge in [0.1, 0.15) is 5.75 Å². The lowest BCUT2D eigenvalue weighted by atomic mass is 9.92. The zero-order valence-electron chi connectivity index (χ0n) is 9.56. The van der Waals surface area contributed by atoms with Gasteiger partial charge in [-0.2, -0.15) is 0 Å². The molecule has 4 heteroatoms. The van der Waals surface area contributed by atoms with Crippen molar-refractivity contribution in [1.82, 2.24) is 0 Å². The molecule has 1 atom stereocenters. The summed E-state index contributed by atoms with van der Waals surface area (Å²) in [5.74, 6) is 1.01. The van der Waals surface area contributed by atoms with Gasteiger partial charge in [-0.05, 0) is 45.4 Å². The molecule has 0 bridgehead atoms. The monoisotopic (exact) mass is 322 g/mol. The van der Waals surface area contributed by atoms with Crippen molar-refractivity contribution in [3.05, 3.63) is 50.6 Å². The second-order valence-electron chi connectivity index (χ2n) is 4.28. The quantitative estimate of drug-likeness (QED) is 0.783. The number of ketones is 1. The summed E-state index contributed by atoms with van der Waals surface area (Å²) in [6.07, 6.45) is 0.763. The van der Waals surface area contributed by atoms with E-state index in [2.05, 4.69) is 15.9 Å². The van der Waals surface area contributed by atoms with Gasteiger partial charge in [0, 0.05) is 4.47 Å². The van der Waals surface area contributed by atoms with Gasteiger partial charge in [0.25, 0.3) is 0 Å². The minimum atomic E-state index is -0.0742. The van der Waals surface area contributed by atoms with Gasteiger partial charge in [0.15, 0.2) is 5.78 Å². The van der Waals surface area contributed by atoms with E-state index >= 15 is 0 Å². The van der Waals surface area contributed by atoms with Gasteiger partial charge in [0.2, 0.25) is 0 Å². The average molecular weight is 323 g/mol. The Hall–Kier alpha value is -1.13. The summed E-state index contributed by atoms with van der Waals surface area (Å²) in [5, 5.41) is 1.93. The molecule has 0 radical (unpaired) electrons. The molecule has 18 heavy (non-hydrogen) atoms. The Labute approximate surface area is 118 Å². The number of Topliss-reactive ketones (excluding diaryl/α,β-unsaturated/α-hetero) is 1. The van der Waals surface area contributed by atoms with Gasteiger partial charge in [-0.3, -0.25) is 4.79 Å². The van der Waals surface area contributed by atoms with Gasteiger partial charge < -0.3 is 4.74 Å². The lowest BCUT2D eigenvalue weighted by molar-refractivity contribution is 0.0859. The van der Waals surface area contributed by atoms with Crippen molar-refractivity contribution < 1.29 is 9.53 Å². The van der Waals surface area contributed by atoms with E-state index in [1.165, 1.54) is 11.3 Å². The van der Waals surface area contributed by atoms with Crippen molar-refractivity contribution in [2.45, 2.75) is 6.42 Å². The molecule has 0 fully saturated rings. The van der Waals surface area contributed by atoms with Crippen LogP contribution in [0.4, 0.5) is 0 Å². The summed E-state index contributed by atoms with van der Waals surface area (Å²) in [4.78, 5) is 13.2. The Bertz CT molecular complexity index is 591. The van der Waals surface area contributed by atoms with Gasteiger partial charge in [-0.15, -0.1) is 11.3 Å². The van der Waals surface area contributed by atoms with Crippen molar-refractivity contribution in [3.63, 3.8) is 0 Å². The first-order valence-electron chi connectivity index (χ1n) is 5.73. The highest BCUT2D eigenvalue weighted by atomic mass is 79.9. The molecule has 2 aromatic rings. The Kier molecular flexibility index (Phi) is 3.22. The maximum atomic E-state index is 12.4. The SMILES string of the molecule is O=C(c1sccc1Br)C1COc2ccccc2C1. The van der Waals surface area contributed by atoms with Crippen LogP contribution in [-0.2, 0) is 6.42 Å². The summed E-state index contributed by atoms with van der Waals surface area (Å²) in [6, 6.07) is 9.83. The number of fused-ring (bicyclic) bond motifs is 1. The van der Waals surface area contributed by atoms with E-state index in [9.17, 15) is 4.79 Å². The lowest BCUT2D eigenvalue weighted by Crippen LogP contribution is -2.28. The van der Waals surface area contributed by atoms with Gasteiger partial charge in [0.05, 0.1) is 17.4 Å². The third-order valence-electron chi connectivity index (χ3n) is 3.09. The van der Waals surface area contributed by atoms with Crippen LogP contribution in [0.15, 0.2) is 40.2 Å². The molecule has 0 amide bonds. The van der Waals surface area contributed by atoms with E-state index in [4.69, 9.17) is 4.74 Å². The van der Waals surface area contributed by atoms with Crippen molar-refractivity contribution in [2.75, 3.05) is 6.61 Å². The molecule has 2 heterocycles. The second-order valence-corrected chi connectivity index (χ2v) is 6.05. The van der Waals surface area contributed by atoms with Crippen LogP contribution >= 0.6 is 27.3 Å². The maximum Gasteiger partial charge on any atom is 0.180 e. The van der Waals surface area contributed by atoms with Crippen molar-refractivity contribution in [2.24, 2.45) is 5.92 Å². The molecule has 0 N–H and O–H groups in total. The fourth-order valence-electron chi connectivity index (χ4n) is 2.15. The fraction of sp³-hybridized carbons (Fsp3) is 0.214. The maximum absolute atomic E-state index is 12.4. The fourth-order valence-corrected chi connectivity index (χ4v) is 3.74. The van der Waals surface area contributed by atoms with Gasteiger partial charge in [-0.1, -0.05) is 18.2 Å². The zero-order chi connectivity index (χ0) is 12.5. The van der Waals surface area contributed by atoms with Crippen LogP contribution in [-0.4, -0.2) is 12.4 Å². The van der Waals surface area contributed by atoms with Crippen molar-refractivity contribution >= 4 is 33.0 Å². The molecular formula is C14H11BrO2S. The van der Waals surface area contributed by atoms with Crippen LogP contribution in [0.1, 0.15) is 15.2 Å². The molecule has 1 aliphatic rings. The molecule has 0 saturated carbocycles. The van der Waals surface area contributed by atoms with Gasteiger partial charge in [-0.25, -0.2) is 0 Å². The van der Waals surface area contributed by atoms with Crippen molar-refractivity contribution in [3.8, 4) is 5.75 Å². The molecule has 92 valence electrons. The lowest BCUT2D eigenvalue weighted by Gasteiger charge is -2.24. The molecule has 0 aliphatic carbocycles. The number of hydrogen-bond donors (Lipinski definition) is 0. The third kappa shape index (κ3) is 2.10. The standard InChI is InChI=1S/C14H11BrO2S/c15-11-5-6-18-14(11)13(16)10-7-9-3-1-2-4-12(9)17-8-10/h1-6,10H,7-8H2. The largest absolute Gasteiger partial charge is 0.493 e. The number of benzene rings is 1. The summed E-state index contributed by atoms with van der Waals surface area (Å²) in [6.45, 7) is 0.472. The number of carbonyl (C=O) groups excluding carboxylic acids is 1. The van der Waals surface area contributed by atoms with Crippen LogP contribution in [0.25, 0.3) is 0 Å². The van der Waals surface area contributed by atoms with E-state index in [1.54, 1.807) is 0 Å². The zero-order valence-corrected chi connectivity index (χ0v) is 12.0. The normalized spacial score (nSPS) is 17.9.